The molecule has 9 heteroatoms. The van der Waals surface area contributed by atoms with Gasteiger partial charge in [-0.25, -0.2) is 5.01 Å². The van der Waals surface area contributed by atoms with Gasteiger partial charge in [-0.1, -0.05) is 41.4 Å². The Morgan fingerprint density at radius 1 is 1.20 bits per heavy atom. The van der Waals surface area contributed by atoms with Gasteiger partial charge in [0.25, 0.3) is 5.91 Å². The number of nitrogens with zero attached hydrogens (tertiary/aromatic N) is 3. The maximum Gasteiger partial charge on any atom is 0.257 e. The van der Waals surface area contributed by atoms with E-state index in [1.54, 1.807) is 42.5 Å². The Morgan fingerprint density at radius 2 is 1.97 bits per heavy atom. The van der Waals surface area contributed by atoms with Crippen LogP contribution >= 0.6 is 11.6 Å². The quantitative estimate of drug-likeness (QED) is 0.498. The lowest BCUT2D eigenvalue weighted by molar-refractivity contribution is -0.134. The lowest BCUT2D eigenvalue weighted by atomic mass is 10.0. The molecule has 35 heavy (non-hydrogen) atoms. The third-order valence-electron chi connectivity index (χ3n) is 5.68. The number of anilines is 1. The molecule has 1 N–H and O–H groups in total. The number of rotatable bonds is 8. The number of likely N-dealkylation sites (N-methyl/N-ethyl adjacent to an activating group) is 1. The van der Waals surface area contributed by atoms with Crippen LogP contribution in [0.1, 0.15) is 29.3 Å². The van der Waals surface area contributed by atoms with Crippen LogP contribution in [0.3, 0.4) is 0 Å². The van der Waals surface area contributed by atoms with Gasteiger partial charge in [-0.2, -0.15) is 5.10 Å². The molecule has 1 aliphatic heterocycles. The van der Waals surface area contributed by atoms with Gasteiger partial charge in [-0.3, -0.25) is 14.5 Å². The van der Waals surface area contributed by atoms with E-state index < -0.39 is 0 Å². The van der Waals surface area contributed by atoms with Gasteiger partial charge in [-0.15, -0.1) is 0 Å². The first-order chi connectivity index (χ1) is 16.8. The first-order valence-corrected chi connectivity index (χ1v) is 11.5. The molecule has 0 aliphatic carbocycles. The number of hydrogen-bond acceptors (Lipinski definition) is 6. The molecule has 1 aromatic heterocycles. The number of benzene rings is 2. The van der Waals surface area contributed by atoms with Crippen molar-refractivity contribution < 1.29 is 18.7 Å². The topological polar surface area (TPSA) is 87.4 Å². The second-order valence-electron chi connectivity index (χ2n) is 8.45. The molecule has 1 aliphatic rings. The molecule has 0 fully saturated rings. The van der Waals surface area contributed by atoms with Crippen molar-refractivity contribution in [2.75, 3.05) is 32.6 Å². The highest BCUT2D eigenvalue weighted by atomic mass is 35.5. The van der Waals surface area contributed by atoms with Crippen molar-refractivity contribution in [3.05, 3.63) is 82.8 Å². The predicted molar refractivity (Wildman–Crippen MR) is 135 cm³/mol. The van der Waals surface area contributed by atoms with Crippen LogP contribution in [-0.2, 0) is 9.59 Å². The van der Waals surface area contributed by atoms with E-state index in [1.807, 2.05) is 37.3 Å². The molecule has 4 rings (SSSR count). The molecular weight excluding hydrogens is 468 g/mol. The Kier molecular flexibility index (Phi) is 7.53. The Morgan fingerprint density at radius 3 is 2.66 bits per heavy atom. The highest BCUT2D eigenvalue weighted by Crippen LogP contribution is 2.33. The first kappa shape index (κ1) is 24.5. The summed E-state index contributed by atoms with van der Waals surface area (Å²) < 4.78 is 10.9. The number of furan rings is 1. The summed E-state index contributed by atoms with van der Waals surface area (Å²) in [4.78, 5) is 27.5. The van der Waals surface area contributed by atoms with Gasteiger partial charge in [0, 0.05) is 11.4 Å². The number of carbonyl (C=O) groups is 2. The number of halogens is 1. The number of aryl methyl sites for hydroxylation is 1. The zero-order valence-electron chi connectivity index (χ0n) is 19.8. The van der Waals surface area contributed by atoms with Crippen LogP contribution in [0.25, 0.3) is 0 Å². The summed E-state index contributed by atoms with van der Waals surface area (Å²) in [5.74, 6) is 0.633. The molecule has 0 saturated heterocycles. The number of hydrazone groups is 1. The summed E-state index contributed by atoms with van der Waals surface area (Å²) >= 11 is 6.04. The van der Waals surface area contributed by atoms with Crippen LogP contribution in [0.2, 0.25) is 5.02 Å². The average molecular weight is 495 g/mol. The largest absolute Gasteiger partial charge is 0.495 e. The minimum atomic E-state index is -0.341. The van der Waals surface area contributed by atoms with Crippen molar-refractivity contribution in [1.29, 1.82) is 0 Å². The van der Waals surface area contributed by atoms with Gasteiger partial charge < -0.3 is 14.5 Å². The normalized spacial score (nSPS) is 15.3. The monoisotopic (exact) mass is 494 g/mol. The van der Waals surface area contributed by atoms with E-state index in [1.165, 1.54) is 12.1 Å². The molecule has 2 aromatic carbocycles. The molecule has 182 valence electrons. The van der Waals surface area contributed by atoms with Crippen LogP contribution in [0.5, 0.6) is 5.75 Å². The van der Waals surface area contributed by atoms with E-state index in [2.05, 4.69) is 10.4 Å². The van der Waals surface area contributed by atoms with Crippen LogP contribution in [0.4, 0.5) is 5.69 Å². The summed E-state index contributed by atoms with van der Waals surface area (Å²) in [6, 6.07) is 16.3. The van der Waals surface area contributed by atoms with Crippen LogP contribution in [0.15, 0.2) is 70.4 Å². The fourth-order valence-corrected chi connectivity index (χ4v) is 4.11. The zero-order chi connectivity index (χ0) is 24.9. The Labute approximate surface area is 209 Å². The van der Waals surface area contributed by atoms with E-state index >= 15 is 0 Å². The predicted octanol–water partition coefficient (Wildman–Crippen LogP) is 4.50. The minimum absolute atomic E-state index is 0.00197. The molecule has 1 atom stereocenters. The van der Waals surface area contributed by atoms with Gasteiger partial charge in [0.15, 0.2) is 0 Å². The second-order valence-corrected chi connectivity index (χ2v) is 8.89. The van der Waals surface area contributed by atoms with Crippen LogP contribution < -0.4 is 10.1 Å². The Bertz CT molecular complexity index is 1220. The number of hydrogen-bond donors (Lipinski definition) is 1. The summed E-state index contributed by atoms with van der Waals surface area (Å²) in [6.07, 6.45) is 2.13. The third-order valence-corrected chi connectivity index (χ3v) is 5.91. The molecular formula is C26H27ClN4O4. The number of amides is 2. The fraction of sp³-hybridized carbons (Fsp3) is 0.269. The van der Waals surface area contributed by atoms with E-state index in [9.17, 15) is 9.59 Å². The lowest BCUT2D eigenvalue weighted by Crippen LogP contribution is -2.39. The standard InChI is InChI=1S/C26H27ClN4O4/c1-17-6-8-18(9-7-17)20-14-22(24-5-4-12-35-24)31(29-20)26(33)16-30(2)15-25(32)28-21-13-19(27)10-11-23(21)34-3/h4-13,22H,14-16H2,1-3H3,(H,28,32). The van der Waals surface area contributed by atoms with Gasteiger partial charge in [0.05, 0.1) is 37.9 Å². The number of nitrogens with one attached hydrogen (secondary N) is 1. The summed E-state index contributed by atoms with van der Waals surface area (Å²) in [5, 5.41) is 9.36. The smallest absolute Gasteiger partial charge is 0.257 e. The molecule has 0 spiro atoms. The zero-order valence-corrected chi connectivity index (χ0v) is 20.6. The van der Waals surface area contributed by atoms with Gasteiger partial charge in [-0.05, 0) is 49.9 Å². The van der Waals surface area contributed by atoms with Crippen LogP contribution in [-0.4, -0.2) is 54.7 Å². The molecule has 0 radical (unpaired) electrons. The van der Waals surface area contributed by atoms with Gasteiger partial charge in [0.2, 0.25) is 5.91 Å². The minimum Gasteiger partial charge on any atom is -0.495 e. The van der Waals surface area contributed by atoms with Gasteiger partial charge >= 0.3 is 0 Å². The summed E-state index contributed by atoms with van der Waals surface area (Å²) in [7, 11) is 3.22. The number of ether oxygens (including phenoxy) is 1. The van der Waals surface area contributed by atoms with Crippen molar-refractivity contribution in [2.45, 2.75) is 19.4 Å². The molecule has 0 saturated carbocycles. The molecule has 2 heterocycles. The third kappa shape index (κ3) is 5.90. The maximum absolute atomic E-state index is 13.2. The van der Waals surface area contributed by atoms with E-state index in [-0.39, 0.29) is 30.9 Å². The first-order valence-electron chi connectivity index (χ1n) is 11.2. The van der Waals surface area contributed by atoms with Crippen molar-refractivity contribution in [3.8, 4) is 5.75 Å². The average Bonchev–Trinajstić information content (AvgIpc) is 3.50. The molecule has 0 bridgehead atoms. The molecule has 3 aromatic rings. The Balaban J connectivity index is 1.44. The fourth-order valence-electron chi connectivity index (χ4n) is 3.94. The summed E-state index contributed by atoms with van der Waals surface area (Å²) in [6.45, 7) is 2.02. The van der Waals surface area contributed by atoms with Gasteiger partial charge in [0.1, 0.15) is 17.6 Å². The van der Waals surface area contributed by atoms with Crippen LogP contribution in [0, 0.1) is 6.92 Å². The van der Waals surface area contributed by atoms with Crippen molar-refractivity contribution >= 4 is 34.8 Å². The maximum atomic E-state index is 13.2. The SMILES string of the molecule is COc1ccc(Cl)cc1NC(=O)CN(C)CC(=O)N1N=C(c2ccc(C)cc2)CC1c1ccco1. The lowest BCUT2D eigenvalue weighted by Gasteiger charge is -2.23. The summed E-state index contributed by atoms with van der Waals surface area (Å²) in [5.41, 5.74) is 3.39. The Hall–Kier alpha value is -3.62. The van der Waals surface area contributed by atoms with Crippen molar-refractivity contribution in [2.24, 2.45) is 5.10 Å². The van der Waals surface area contributed by atoms with E-state index in [0.29, 0.717) is 28.6 Å². The van der Waals surface area contributed by atoms with Crippen molar-refractivity contribution in [3.63, 3.8) is 0 Å². The second kappa shape index (κ2) is 10.8. The number of methoxy groups -OCH3 is 1. The molecule has 8 nitrogen and oxygen atoms in total. The number of carbonyl (C=O) groups excluding carboxylic acids is 2. The highest BCUT2D eigenvalue weighted by Gasteiger charge is 2.35. The van der Waals surface area contributed by atoms with Crippen molar-refractivity contribution in [1.82, 2.24) is 9.91 Å². The molecule has 1 unspecified atom stereocenters. The molecule has 2 amide bonds. The highest BCUT2D eigenvalue weighted by molar-refractivity contribution is 6.31. The van der Waals surface area contributed by atoms with E-state index in [0.717, 1.165) is 16.8 Å². The van der Waals surface area contributed by atoms with E-state index in [4.69, 9.17) is 20.8 Å².